The highest BCUT2D eigenvalue weighted by atomic mass is 16.2. The second-order valence-electron chi connectivity index (χ2n) is 7.36. The van der Waals surface area contributed by atoms with Crippen LogP contribution in [0.25, 0.3) is 0 Å². The van der Waals surface area contributed by atoms with E-state index in [9.17, 15) is 4.79 Å². The Kier molecular flexibility index (Phi) is 4.39. The summed E-state index contributed by atoms with van der Waals surface area (Å²) < 4.78 is 2.00. The normalized spacial score (nSPS) is 23.9. The molecule has 26 heavy (non-hydrogen) atoms. The molecule has 0 radical (unpaired) electrons. The number of tetrazole rings is 1. The zero-order valence-corrected chi connectivity index (χ0v) is 15.2. The summed E-state index contributed by atoms with van der Waals surface area (Å²) in [5, 5.41) is 12.7. The number of hydrogen-bond acceptors (Lipinski definition) is 7. The number of rotatable bonds is 4. The van der Waals surface area contributed by atoms with Crippen LogP contribution in [-0.4, -0.2) is 73.1 Å². The van der Waals surface area contributed by atoms with Gasteiger partial charge in [0.15, 0.2) is 5.82 Å². The van der Waals surface area contributed by atoms with E-state index in [-0.39, 0.29) is 11.7 Å². The lowest BCUT2D eigenvalue weighted by atomic mass is 9.95. The van der Waals surface area contributed by atoms with Crippen molar-refractivity contribution in [3.05, 3.63) is 30.1 Å². The Balaban J connectivity index is 1.63. The molecule has 2 aliphatic rings. The summed E-state index contributed by atoms with van der Waals surface area (Å²) in [5.41, 5.74) is -0.392. The van der Waals surface area contributed by atoms with Gasteiger partial charge in [-0.3, -0.25) is 9.69 Å². The lowest BCUT2D eigenvalue weighted by Gasteiger charge is -2.35. The summed E-state index contributed by atoms with van der Waals surface area (Å²) in [7, 11) is 4.06. The summed E-state index contributed by atoms with van der Waals surface area (Å²) in [6, 6.07) is 2.07. The molecule has 3 heterocycles. The second kappa shape index (κ2) is 6.71. The van der Waals surface area contributed by atoms with Crippen molar-refractivity contribution in [1.29, 1.82) is 0 Å². The number of nitrogens with zero attached hydrogens (tertiary/aromatic N) is 8. The molecule has 2 aromatic rings. The Morgan fingerprint density at radius 2 is 1.96 bits per heavy atom. The highest BCUT2D eigenvalue weighted by molar-refractivity contribution is 5.90. The fraction of sp³-hybridized carbons (Fsp3) is 0.647. The number of likely N-dealkylation sites (N-methyl/N-ethyl adjacent to an activating group) is 1. The number of carbonyl (C=O) groups is 1. The third-order valence-corrected chi connectivity index (χ3v) is 5.73. The zero-order valence-electron chi connectivity index (χ0n) is 15.2. The first kappa shape index (κ1) is 17.0. The summed E-state index contributed by atoms with van der Waals surface area (Å²) in [6.07, 6.45) is 8.63. The van der Waals surface area contributed by atoms with Gasteiger partial charge < -0.3 is 4.90 Å². The zero-order chi connectivity index (χ0) is 18.1. The fourth-order valence-electron chi connectivity index (χ4n) is 4.16. The average molecular weight is 356 g/mol. The molecule has 4 rings (SSSR count). The van der Waals surface area contributed by atoms with Crippen molar-refractivity contribution in [1.82, 2.24) is 40.0 Å². The first-order valence-electron chi connectivity index (χ1n) is 9.14. The van der Waals surface area contributed by atoms with Gasteiger partial charge in [0.1, 0.15) is 5.54 Å². The van der Waals surface area contributed by atoms with Crippen LogP contribution < -0.4 is 0 Å². The molecule has 1 aliphatic heterocycles. The molecule has 0 aromatic carbocycles. The Morgan fingerprint density at radius 1 is 1.23 bits per heavy atom. The van der Waals surface area contributed by atoms with Crippen molar-refractivity contribution >= 4 is 5.91 Å². The molecule has 1 unspecified atom stereocenters. The molecule has 1 aliphatic carbocycles. The van der Waals surface area contributed by atoms with Gasteiger partial charge in [-0.1, -0.05) is 12.8 Å². The molecule has 9 heteroatoms. The van der Waals surface area contributed by atoms with Gasteiger partial charge in [0.05, 0.1) is 6.04 Å². The van der Waals surface area contributed by atoms with E-state index in [1.165, 1.54) is 12.8 Å². The Bertz CT molecular complexity index is 770. The summed E-state index contributed by atoms with van der Waals surface area (Å²) in [5.74, 6) is 0.949. The predicted molar refractivity (Wildman–Crippen MR) is 93.2 cm³/mol. The molecule has 1 amide bonds. The topological polar surface area (TPSA) is 92.9 Å². The molecule has 1 atom stereocenters. The van der Waals surface area contributed by atoms with Crippen molar-refractivity contribution in [2.24, 2.45) is 0 Å². The van der Waals surface area contributed by atoms with Gasteiger partial charge in [0, 0.05) is 25.5 Å². The molecule has 9 nitrogen and oxygen atoms in total. The third kappa shape index (κ3) is 2.76. The smallest absolute Gasteiger partial charge is 0.291 e. The second-order valence-corrected chi connectivity index (χ2v) is 7.36. The van der Waals surface area contributed by atoms with Crippen LogP contribution in [0.3, 0.4) is 0 Å². The van der Waals surface area contributed by atoms with Gasteiger partial charge in [-0.05, 0) is 49.9 Å². The van der Waals surface area contributed by atoms with E-state index in [1.807, 2.05) is 23.7 Å². The van der Waals surface area contributed by atoms with Crippen LogP contribution in [-0.2, 0) is 5.54 Å². The van der Waals surface area contributed by atoms with Crippen molar-refractivity contribution in [3.8, 4) is 0 Å². The molecule has 0 spiro atoms. The van der Waals surface area contributed by atoms with Crippen LogP contribution in [0.4, 0.5) is 0 Å². The Hall–Kier alpha value is -2.42. The SMILES string of the molecule is CN(C)C1(c2nnnn2C2CCCC2)CCN(C(=O)c2ncccn2)C1. The molecule has 2 aromatic heterocycles. The predicted octanol–water partition coefficient (Wildman–Crippen LogP) is 0.881. The third-order valence-electron chi connectivity index (χ3n) is 5.73. The molecule has 1 saturated carbocycles. The number of amides is 1. The molecular weight excluding hydrogens is 332 g/mol. The molecular formula is C17H24N8O. The number of hydrogen-bond donors (Lipinski definition) is 0. The van der Waals surface area contributed by atoms with Crippen molar-refractivity contribution in [2.45, 2.75) is 43.7 Å². The van der Waals surface area contributed by atoms with Crippen LogP contribution in [0.5, 0.6) is 0 Å². The summed E-state index contributed by atoms with van der Waals surface area (Å²) in [4.78, 5) is 24.9. The summed E-state index contributed by atoms with van der Waals surface area (Å²) >= 11 is 0. The average Bonchev–Trinajstić information content (AvgIpc) is 3.40. The van der Waals surface area contributed by atoms with E-state index in [4.69, 9.17) is 0 Å². The van der Waals surface area contributed by atoms with Crippen molar-refractivity contribution in [2.75, 3.05) is 27.2 Å². The highest BCUT2D eigenvalue weighted by Crippen LogP contribution is 2.38. The van der Waals surface area contributed by atoms with E-state index in [2.05, 4.69) is 30.4 Å². The maximum Gasteiger partial charge on any atom is 0.291 e. The Morgan fingerprint density at radius 3 is 2.65 bits per heavy atom. The van der Waals surface area contributed by atoms with Gasteiger partial charge in [-0.15, -0.1) is 5.10 Å². The van der Waals surface area contributed by atoms with Crippen molar-refractivity contribution in [3.63, 3.8) is 0 Å². The molecule has 138 valence electrons. The lowest BCUT2D eigenvalue weighted by molar-refractivity contribution is 0.0725. The Labute approximate surface area is 152 Å². The van der Waals surface area contributed by atoms with Crippen LogP contribution >= 0.6 is 0 Å². The fourth-order valence-corrected chi connectivity index (χ4v) is 4.16. The maximum absolute atomic E-state index is 12.8. The van der Waals surface area contributed by atoms with E-state index in [1.54, 1.807) is 18.5 Å². The number of carbonyl (C=O) groups excluding carboxylic acids is 1. The molecule has 0 bridgehead atoms. The minimum Gasteiger partial charge on any atom is -0.334 e. The lowest BCUT2D eigenvalue weighted by Crippen LogP contribution is -2.47. The van der Waals surface area contributed by atoms with Crippen LogP contribution in [0.2, 0.25) is 0 Å². The van der Waals surface area contributed by atoms with Gasteiger partial charge in [-0.25, -0.2) is 14.6 Å². The minimum absolute atomic E-state index is 0.144. The largest absolute Gasteiger partial charge is 0.334 e. The van der Waals surface area contributed by atoms with Gasteiger partial charge >= 0.3 is 0 Å². The molecule has 2 fully saturated rings. The molecule has 0 N–H and O–H groups in total. The first-order valence-corrected chi connectivity index (χ1v) is 9.14. The quantitative estimate of drug-likeness (QED) is 0.803. The van der Waals surface area contributed by atoms with Gasteiger partial charge in [0.25, 0.3) is 5.91 Å². The van der Waals surface area contributed by atoms with Crippen molar-refractivity contribution < 1.29 is 4.79 Å². The van der Waals surface area contributed by atoms with E-state index in [0.29, 0.717) is 19.1 Å². The van der Waals surface area contributed by atoms with Crippen LogP contribution in [0, 0.1) is 0 Å². The van der Waals surface area contributed by atoms with E-state index >= 15 is 0 Å². The first-order chi connectivity index (χ1) is 12.6. The van der Waals surface area contributed by atoms with Crippen LogP contribution in [0.1, 0.15) is 54.6 Å². The standard InChI is InChI=1S/C17H24N8O/c1-23(2)17(16-20-21-22-25(16)13-6-3-4-7-13)8-11-24(12-17)15(26)14-18-9-5-10-19-14/h5,9-10,13H,3-4,6-8,11-12H2,1-2H3. The number of aromatic nitrogens is 6. The minimum atomic E-state index is -0.392. The summed E-state index contributed by atoms with van der Waals surface area (Å²) in [6.45, 7) is 1.16. The number of likely N-dealkylation sites (tertiary alicyclic amines) is 1. The van der Waals surface area contributed by atoms with E-state index < -0.39 is 5.54 Å². The monoisotopic (exact) mass is 356 g/mol. The van der Waals surface area contributed by atoms with E-state index in [0.717, 1.165) is 25.1 Å². The van der Waals surface area contributed by atoms with Gasteiger partial charge in [-0.2, -0.15) is 0 Å². The maximum atomic E-state index is 12.8. The van der Waals surface area contributed by atoms with Crippen LogP contribution in [0.15, 0.2) is 18.5 Å². The van der Waals surface area contributed by atoms with Gasteiger partial charge in [0.2, 0.25) is 5.82 Å². The highest BCUT2D eigenvalue weighted by Gasteiger charge is 2.48. The molecule has 1 saturated heterocycles.